The minimum atomic E-state index is -0.311. The molecule has 2 aromatic heterocycles. The van der Waals surface area contributed by atoms with Crippen LogP contribution in [0.15, 0.2) is 94.1 Å². The zero-order chi connectivity index (χ0) is 23.3. The van der Waals surface area contributed by atoms with Crippen LogP contribution in [0.5, 0.6) is 11.5 Å². The molecule has 9 heteroatoms. The molecule has 2 N–H and O–H groups in total. The van der Waals surface area contributed by atoms with Crippen LogP contribution in [0.25, 0.3) is 22.5 Å². The van der Waals surface area contributed by atoms with Crippen molar-refractivity contribution in [2.75, 3.05) is 0 Å². The quantitative estimate of drug-likeness (QED) is 0.285. The summed E-state index contributed by atoms with van der Waals surface area (Å²) in [6.07, 6.45) is 5.01. The monoisotopic (exact) mass is 488 g/mol. The molecule has 2 aromatic carbocycles. The molecule has 4 aromatic rings. The number of ether oxygens (including phenoxy) is 1. The molecule has 0 saturated carbocycles. The van der Waals surface area contributed by atoms with Gasteiger partial charge in [-0.25, -0.2) is 14.1 Å². The van der Waals surface area contributed by atoms with Crippen molar-refractivity contribution in [3.8, 4) is 40.1 Å². The average Bonchev–Trinajstić information content (AvgIpc) is 3.59. The van der Waals surface area contributed by atoms with E-state index in [1.807, 2.05) is 17.7 Å². The van der Waals surface area contributed by atoms with Crippen molar-refractivity contribution < 1.29 is 13.5 Å². The molecule has 1 unspecified atom stereocenters. The number of benzene rings is 2. The third-order valence-corrected chi connectivity index (χ3v) is 6.71. The van der Waals surface area contributed by atoms with Crippen molar-refractivity contribution in [2.24, 2.45) is 0 Å². The second-order valence-corrected chi connectivity index (χ2v) is 9.07. The van der Waals surface area contributed by atoms with Gasteiger partial charge in [0.2, 0.25) is 0 Å². The smallest absolute Gasteiger partial charge is 0.153 e. The molecule has 0 spiro atoms. The lowest BCUT2D eigenvalue weighted by Gasteiger charge is -2.14. The van der Waals surface area contributed by atoms with E-state index in [-0.39, 0.29) is 11.3 Å². The molecule has 0 saturated heterocycles. The predicted octanol–water partition coefficient (Wildman–Crippen LogP) is 6.50. The number of nitriles is 1. The van der Waals surface area contributed by atoms with E-state index in [9.17, 15) is 9.65 Å². The average molecular weight is 489 g/mol. The molecule has 0 aliphatic carbocycles. The minimum absolute atomic E-state index is 0.0784. The molecule has 34 heavy (non-hydrogen) atoms. The van der Waals surface area contributed by atoms with Crippen LogP contribution in [0, 0.1) is 17.1 Å². The number of hydrogen-bond donors (Lipinski definition) is 2. The topological polar surface area (TPSA) is 83.1 Å². The van der Waals surface area contributed by atoms with Gasteiger partial charge in [-0.2, -0.15) is 5.26 Å². The Kier molecular flexibility index (Phi) is 6.53. The lowest BCUT2D eigenvalue weighted by atomic mass is 10.1. The molecule has 0 amide bonds. The van der Waals surface area contributed by atoms with Gasteiger partial charge in [0.1, 0.15) is 28.8 Å². The first-order valence-corrected chi connectivity index (χ1v) is 12.0. The summed E-state index contributed by atoms with van der Waals surface area (Å²) < 4.78 is 28.0. The highest BCUT2D eigenvalue weighted by atomic mass is 32.2. The van der Waals surface area contributed by atoms with Crippen LogP contribution < -0.4 is 14.8 Å². The molecule has 3 heterocycles. The number of thioether (sulfide) groups is 1. The zero-order valence-electron chi connectivity index (χ0n) is 17.6. The molecular weight excluding hydrogens is 471 g/mol. The summed E-state index contributed by atoms with van der Waals surface area (Å²) in [5.74, 6) is 0.581. The highest BCUT2D eigenvalue weighted by Crippen LogP contribution is 2.36. The minimum Gasteiger partial charge on any atom is -0.472 e. The standard InChI is InChI=1S/C25H17FN4O2S2/c26-19-3-1-16(2-4-19)21-6-8-23(24(29-21)17-9-11-31-15-17)32-22-7-5-20(13-18(22)14-27)34-30-25-28-10-12-33-25/h1-13,15,25,28,30H. The van der Waals surface area contributed by atoms with Gasteiger partial charge in [0.05, 0.1) is 23.8 Å². The fourth-order valence-corrected chi connectivity index (χ4v) is 4.71. The van der Waals surface area contributed by atoms with Crippen LogP contribution >= 0.6 is 23.7 Å². The molecule has 1 aliphatic rings. The normalized spacial score (nSPS) is 14.5. The Labute approximate surface area is 204 Å². The van der Waals surface area contributed by atoms with Gasteiger partial charge < -0.3 is 14.5 Å². The Bertz CT molecular complexity index is 1360. The van der Waals surface area contributed by atoms with Crippen LogP contribution in [0.2, 0.25) is 0 Å². The lowest BCUT2D eigenvalue weighted by molar-refractivity contribution is 0.480. The molecule has 1 aliphatic heterocycles. The Morgan fingerprint density at radius 2 is 1.94 bits per heavy atom. The Morgan fingerprint density at radius 1 is 1.09 bits per heavy atom. The fraction of sp³-hybridized carbons (Fsp3) is 0.0400. The van der Waals surface area contributed by atoms with E-state index in [0.29, 0.717) is 28.5 Å². The van der Waals surface area contributed by atoms with Gasteiger partial charge in [-0.1, -0.05) is 11.8 Å². The lowest BCUT2D eigenvalue weighted by Crippen LogP contribution is -2.28. The van der Waals surface area contributed by atoms with Gasteiger partial charge in [-0.05, 0) is 78.0 Å². The Hall–Kier alpha value is -3.71. The Balaban J connectivity index is 1.43. The highest BCUT2D eigenvalue weighted by Gasteiger charge is 2.16. The van der Waals surface area contributed by atoms with E-state index in [4.69, 9.17) is 14.1 Å². The first kappa shape index (κ1) is 22.1. The zero-order valence-corrected chi connectivity index (χ0v) is 19.2. The molecule has 0 radical (unpaired) electrons. The number of nitrogens with one attached hydrogen (secondary N) is 2. The van der Waals surface area contributed by atoms with Crippen molar-refractivity contribution >= 4 is 23.7 Å². The summed E-state index contributed by atoms with van der Waals surface area (Å²) in [6, 6.07) is 19.1. The van der Waals surface area contributed by atoms with E-state index in [0.717, 1.165) is 16.0 Å². The number of aromatic nitrogens is 1. The fourth-order valence-electron chi connectivity index (χ4n) is 3.25. The van der Waals surface area contributed by atoms with Crippen molar-refractivity contribution in [2.45, 2.75) is 10.4 Å². The summed E-state index contributed by atoms with van der Waals surface area (Å²) in [5.41, 5.74) is 3.19. The third kappa shape index (κ3) is 4.94. The summed E-state index contributed by atoms with van der Waals surface area (Å²) in [4.78, 5) is 5.63. The summed E-state index contributed by atoms with van der Waals surface area (Å²) in [7, 11) is 0. The SMILES string of the molecule is N#Cc1cc(SNC2NC=CS2)ccc1Oc1ccc(-c2ccc(F)cc2)nc1-c1ccoc1. The van der Waals surface area contributed by atoms with E-state index < -0.39 is 0 Å². The van der Waals surface area contributed by atoms with E-state index in [1.165, 1.54) is 24.1 Å². The van der Waals surface area contributed by atoms with Gasteiger partial charge in [-0.15, -0.1) is 0 Å². The van der Waals surface area contributed by atoms with Gasteiger partial charge in [0, 0.05) is 22.2 Å². The Morgan fingerprint density at radius 3 is 2.68 bits per heavy atom. The second-order valence-electron chi connectivity index (χ2n) is 7.14. The maximum Gasteiger partial charge on any atom is 0.153 e. The maximum absolute atomic E-state index is 13.3. The number of nitrogens with zero attached hydrogens (tertiary/aromatic N) is 2. The van der Waals surface area contributed by atoms with Gasteiger partial charge >= 0.3 is 0 Å². The summed E-state index contributed by atoms with van der Waals surface area (Å²) >= 11 is 3.06. The molecule has 0 fully saturated rings. The van der Waals surface area contributed by atoms with Crippen molar-refractivity contribution in [3.05, 3.63) is 96.2 Å². The second kappa shape index (κ2) is 10.1. The number of halogens is 1. The number of hydrogen-bond acceptors (Lipinski definition) is 8. The van der Waals surface area contributed by atoms with E-state index >= 15 is 0 Å². The third-order valence-electron chi connectivity index (χ3n) is 4.90. The van der Waals surface area contributed by atoms with Crippen LogP contribution in [-0.4, -0.2) is 10.5 Å². The molecule has 5 rings (SSSR count). The van der Waals surface area contributed by atoms with Crippen molar-refractivity contribution in [1.82, 2.24) is 15.0 Å². The molecule has 6 nitrogen and oxygen atoms in total. The first-order chi connectivity index (χ1) is 16.7. The maximum atomic E-state index is 13.3. The van der Waals surface area contributed by atoms with E-state index in [2.05, 4.69) is 16.1 Å². The van der Waals surface area contributed by atoms with Gasteiger partial charge in [0.15, 0.2) is 5.75 Å². The first-order valence-electron chi connectivity index (χ1n) is 10.2. The van der Waals surface area contributed by atoms with E-state index in [1.54, 1.807) is 66.8 Å². The van der Waals surface area contributed by atoms with Crippen molar-refractivity contribution in [1.29, 1.82) is 5.26 Å². The summed E-state index contributed by atoms with van der Waals surface area (Å²) in [6.45, 7) is 0. The largest absolute Gasteiger partial charge is 0.472 e. The molecular formula is C25H17FN4O2S2. The molecule has 0 bridgehead atoms. The van der Waals surface area contributed by atoms with Crippen LogP contribution in [-0.2, 0) is 0 Å². The molecule has 168 valence electrons. The van der Waals surface area contributed by atoms with Gasteiger partial charge in [0.25, 0.3) is 0 Å². The number of pyridine rings is 1. The van der Waals surface area contributed by atoms with Crippen LogP contribution in [0.1, 0.15) is 5.56 Å². The van der Waals surface area contributed by atoms with Crippen LogP contribution in [0.4, 0.5) is 4.39 Å². The predicted molar refractivity (Wildman–Crippen MR) is 131 cm³/mol. The highest BCUT2D eigenvalue weighted by molar-refractivity contribution is 8.04. The van der Waals surface area contributed by atoms with Gasteiger partial charge in [-0.3, -0.25) is 0 Å². The van der Waals surface area contributed by atoms with Crippen LogP contribution in [0.3, 0.4) is 0 Å². The summed E-state index contributed by atoms with van der Waals surface area (Å²) in [5, 5.41) is 14.9. The molecule has 1 atom stereocenters. The van der Waals surface area contributed by atoms with Crippen molar-refractivity contribution in [3.63, 3.8) is 0 Å². The number of rotatable bonds is 7. The number of furan rings is 1.